The Morgan fingerprint density at radius 2 is 2.08 bits per heavy atom. The maximum atomic E-state index is 5.65. The van der Waals surface area contributed by atoms with Gasteiger partial charge in [0.1, 0.15) is 0 Å². The molecule has 0 aromatic heterocycles. The van der Waals surface area contributed by atoms with Crippen LogP contribution in [0.5, 0.6) is 0 Å². The second-order valence-electron chi connectivity index (χ2n) is 3.63. The van der Waals surface area contributed by atoms with E-state index in [1.54, 1.807) is 5.54 Å². The van der Waals surface area contributed by atoms with Crippen LogP contribution in [0.4, 0.5) is 0 Å². The quantitative estimate of drug-likeness (QED) is 0.687. The predicted molar refractivity (Wildman–Crippen MR) is 57.0 cm³/mol. The molecule has 0 aliphatic carbocycles. The van der Waals surface area contributed by atoms with Crippen molar-refractivity contribution >= 4 is 23.2 Å². The predicted octanol–water partition coefficient (Wildman–Crippen LogP) is 3.13. The first-order valence-corrected chi connectivity index (χ1v) is 5.06. The molecule has 0 fully saturated rings. The first-order chi connectivity index (χ1) is 5.52. The highest BCUT2D eigenvalue weighted by Gasteiger charge is 2.15. The molecule has 0 bridgehead atoms. The molecule has 3 heteroatoms. The van der Waals surface area contributed by atoms with Crippen molar-refractivity contribution < 1.29 is 0 Å². The van der Waals surface area contributed by atoms with Crippen LogP contribution in [0.1, 0.15) is 27.2 Å². The first-order valence-electron chi connectivity index (χ1n) is 4.08. The van der Waals surface area contributed by atoms with Gasteiger partial charge in [0.15, 0.2) is 0 Å². The lowest BCUT2D eigenvalue weighted by Gasteiger charge is -2.25. The van der Waals surface area contributed by atoms with Gasteiger partial charge in [-0.2, -0.15) is 0 Å². The third-order valence-electron chi connectivity index (χ3n) is 1.75. The molecular weight excluding hydrogens is 193 g/mol. The molecule has 0 rings (SSSR count). The molecule has 72 valence electrons. The molecule has 0 heterocycles. The van der Waals surface area contributed by atoms with Gasteiger partial charge in [-0.25, -0.2) is 0 Å². The van der Waals surface area contributed by atoms with Crippen molar-refractivity contribution in [3.8, 4) is 0 Å². The van der Waals surface area contributed by atoms with Crippen molar-refractivity contribution in [2.24, 2.45) is 0 Å². The summed E-state index contributed by atoms with van der Waals surface area (Å²) in [5.41, 5.74) is 2.84. The summed E-state index contributed by atoms with van der Waals surface area (Å²) in [4.78, 5) is 0. The standard InChI is InChI=1S/C9H17Cl2N/c1-8(6-11)7-12-9(2,3)4-5-10/h6,12H,4-5,7H2,1-3H3. The maximum absolute atomic E-state index is 5.65. The zero-order valence-corrected chi connectivity index (χ0v) is 9.47. The molecule has 0 radical (unpaired) electrons. The van der Waals surface area contributed by atoms with E-state index in [1.807, 2.05) is 6.92 Å². The number of hydrogen-bond acceptors (Lipinski definition) is 1. The van der Waals surface area contributed by atoms with Crippen molar-refractivity contribution in [3.05, 3.63) is 11.1 Å². The molecule has 0 aromatic carbocycles. The van der Waals surface area contributed by atoms with E-state index in [-0.39, 0.29) is 5.54 Å². The van der Waals surface area contributed by atoms with Gasteiger partial charge in [-0.05, 0) is 32.8 Å². The van der Waals surface area contributed by atoms with E-state index < -0.39 is 0 Å². The number of alkyl halides is 1. The number of hydrogen-bond donors (Lipinski definition) is 1. The smallest absolute Gasteiger partial charge is 0.0240 e. The van der Waals surface area contributed by atoms with Crippen LogP contribution in [0.2, 0.25) is 0 Å². The van der Waals surface area contributed by atoms with Crippen LogP contribution in [0.25, 0.3) is 0 Å². The second kappa shape index (κ2) is 5.85. The fourth-order valence-electron chi connectivity index (χ4n) is 0.742. The Bertz CT molecular complexity index is 153. The van der Waals surface area contributed by atoms with Crippen LogP contribution >= 0.6 is 23.2 Å². The first kappa shape index (κ1) is 12.3. The van der Waals surface area contributed by atoms with Crippen molar-refractivity contribution in [1.29, 1.82) is 0 Å². The zero-order chi connectivity index (χ0) is 9.61. The molecule has 0 unspecified atom stereocenters. The Morgan fingerprint density at radius 3 is 2.50 bits per heavy atom. The SMILES string of the molecule is CC(=CCl)CNC(C)(C)CCCl. The van der Waals surface area contributed by atoms with Gasteiger partial charge in [-0.3, -0.25) is 0 Å². The Hall–Kier alpha value is 0.280. The van der Waals surface area contributed by atoms with E-state index in [4.69, 9.17) is 23.2 Å². The largest absolute Gasteiger partial charge is 0.308 e. The van der Waals surface area contributed by atoms with Crippen molar-refractivity contribution in [2.75, 3.05) is 12.4 Å². The topological polar surface area (TPSA) is 12.0 Å². The zero-order valence-electron chi connectivity index (χ0n) is 7.95. The minimum atomic E-state index is 0.100. The molecule has 0 amide bonds. The van der Waals surface area contributed by atoms with Crippen LogP contribution in [0.3, 0.4) is 0 Å². The monoisotopic (exact) mass is 209 g/mol. The van der Waals surface area contributed by atoms with Gasteiger partial charge >= 0.3 is 0 Å². The highest BCUT2D eigenvalue weighted by Crippen LogP contribution is 2.09. The fourth-order valence-corrected chi connectivity index (χ4v) is 1.29. The summed E-state index contributed by atoms with van der Waals surface area (Å²) in [5.74, 6) is 0.684. The van der Waals surface area contributed by atoms with E-state index in [2.05, 4.69) is 19.2 Å². The van der Waals surface area contributed by atoms with E-state index >= 15 is 0 Å². The lowest BCUT2D eigenvalue weighted by molar-refractivity contribution is 0.393. The van der Waals surface area contributed by atoms with Crippen LogP contribution in [0.15, 0.2) is 11.1 Å². The van der Waals surface area contributed by atoms with Gasteiger partial charge in [0, 0.05) is 23.5 Å². The Kier molecular flexibility index (Phi) is 5.98. The lowest BCUT2D eigenvalue weighted by Crippen LogP contribution is -2.40. The summed E-state index contributed by atoms with van der Waals surface area (Å²) in [7, 11) is 0. The number of nitrogens with one attached hydrogen (secondary N) is 1. The van der Waals surface area contributed by atoms with Crippen molar-refractivity contribution in [1.82, 2.24) is 5.32 Å². The lowest BCUT2D eigenvalue weighted by atomic mass is 10.0. The van der Waals surface area contributed by atoms with E-state index in [0.717, 1.165) is 18.5 Å². The molecule has 0 aliphatic rings. The molecule has 0 aromatic rings. The van der Waals surface area contributed by atoms with E-state index in [1.165, 1.54) is 0 Å². The summed E-state index contributed by atoms with van der Waals surface area (Å²) < 4.78 is 0. The molecule has 12 heavy (non-hydrogen) atoms. The van der Waals surface area contributed by atoms with Crippen molar-refractivity contribution in [2.45, 2.75) is 32.7 Å². The molecule has 0 aliphatic heterocycles. The summed E-state index contributed by atoms with van der Waals surface area (Å²) in [6.07, 6.45) is 0.962. The Labute approximate surface area is 85.1 Å². The van der Waals surface area contributed by atoms with Gasteiger partial charge in [0.25, 0.3) is 0 Å². The van der Waals surface area contributed by atoms with E-state index in [9.17, 15) is 0 Å². The van der Waals surface area contributed by atoms with Crippen LogP contribution in [-0.2, 0) is 0 Å². The minimum Gasteiger partial charge on any atom is -0.308 e. The summed E-state index contributed by atoms with van der Waals surface area (Å²) in [5, 5.41) is 3.37. The average molecular weight is 210 g/mol. The van der Waals surface area contributed by atoms with Gasteiger partial charge in [-0.15, -0.1) is 11.6 Å². The summed E-state index contributed by atoms with van der Waals surface area (Å²) in [6.45, 7) is 7.10. The summed E-state index contributed by atoms with van der Waals surface area (Å²) >= 11 is 11.2. The normalized spacial score (nSPS) is 13.6. The summed E-state index contributed by atoms with van der Waals surface area (Å²) in [6, 6.07) is 0. The molecule has 1 N–H and O–H groups in total. The second-order valence-corrected chi connectivity index (χ2v) is 4.23. The fraction of sp³-hybridized carbons (Fsp3) is 0.778. The van der Waals surface area contributed by atoms with Gasteiger partial charge in [-0.1, -0.05) is 11.6 Å². The molecule has 1 nitrogen and oxygen atoms in total. The molecule has 0 spiro atoms. The Balaban J connectivity index is 3.75. The molecule has 0 saturated heterocycles. The maximum Gasteiger partial charge on any atom is 0.0240 e. The minimum absolute atomic E-state index is 0.100. The highest BCUT2D eigenvalue weighted by molar-refractivity contribution is 6.25. The molecule has 0 atom stereocenters. The van der Waals surface area contributed by atoms with E-state index in [0.29, 0.717) is 5.88 Å². The third kappa shape index (κ3) is 5.87. The Morgan fingerprint density at radius 1 is 1.50 bits per heavy atom. The van der Waals surface area contributed by atoms with Gasteiger partial charge in [0.2, 0.25) is 0 Å². The number of rotatable bonds is 5. The average Bonchev–Trinajstić information content (AvgIpc) is 2.00. The van der Waals surface area contributed by atoms with Crippen LogP contribution in [0, 0.1) is 0 Å². The highest BCUT2D eigenvalue weighted by atomic mass is 35.5. The van der Waals surface area contributed by atoms with Gasteiger partial charge < -0.3 is 5.32 Å². The molecule has 0 saturated carbocycles. The van der Waals surface area contributed by atoms with Crippen LogP contribution in [-0.4, -0.2) is 18.0 Å². The molecular formula is C9H17Cl2N. The number of halogens is 2. The van der Waals surface area contributed by atoms with Crippen LogP contribution < -0.4 is 5.32 Å². The van der Waals surface area contributed by atoms with Gasteiger partial charge in [0.05, 0.1) is 0 Å². The third-order valence-corrected chi connectivity index (χ3v) is 2.31. The van der Waals surface area contributed by atoms with Crippen molar-refractivity contribution in [3.63, 3.8) is 0 Å².